The molecular formula is C9H14F3NO. The number of methoxy groups -OCH3 is 1. The molecule has 0 aromatic heterocycles. The first-order chi connectivity index (χ1) is 6.40. The van der Waals surface area contributed by atoms with Crippen molar-refractivity contribution in [3.05, 3.63) is 0 Å². The van der Waals surface area contributed by atoms with Gasteiger partial charge in [0.25, 0.3) is 0 Å². The standard InChI is InChI=1S/C9H14F3NO/c1-14-8(9(10,11)12)4-5-2-6(8)3-7(5)13/h5-7H,2-4,13H2,1H3/t5-,6-,7+,8-/m1/s1. The molecule has 2 rings (SSSR count). The zero-order valence-electron chi connectivity index (χ0n) is 7.97. The van der Waals surface area contributed by atoms with Crippen LogP contribution in [0.1, 0.15) is 19.3 Å². The highest BCUT2D eigenvalue weighted by Crippen LogP contribution is 2.57. The van der Waals surface area contributed by atoms with E-state index in [0.717, 1.165) is 7.11 Å². The van der Waals surface area contributed by atoms with Gasteiger partial charge in [-0.05, 0) is 31.1 Å². The quantitative estimate of drug-likeness (QED) is 0.713. The van der Waals surface area contributed by atoms with Crippen molar-refractivity contribution in [2.45, 2.75) is 37.1 Å². The average molecular weight is 209 g/mol. The number of ether oxygens (including phenoxy) is 1. The second-order valence-electron chi connectivity index (χ2n) is 4.39. The zero-order chi connectivity index (χ0) is 10.6. The fourth-order valence-electron chi connectivity index (χ4n) is 3.04. The van der Waals surface area contributed by atoms with E-state index < -0.39 is 17.7 Å². The van der Waals surface area contributed by atoms with E-state index in [0.29, 0.717) is 12.8 Å². The lowest BCUT2D eigenvalue weighted by Gasteiger charge is -2.39. The Morgan fingerprint density at radius 2 is 2.00 bits per heavy atom. The maximum atomic E-state index is 12.8. The Morgan fingerprint density at radius 1 is 1.36 bits per heavy atom. The van der Waals surface area contributed by atoms with Crippen molar-refractivity contribution in [3.63, 3.8) is 0 Å². The van der Waals surface area contributed by atoms with Crippen molar-refractivity contribution in [2.24, 2.45) is 17.6 Å². The van der Waals surface area contributed by atoms with Crippen LogP contribution in [0.5, 0.6) is 0 Å². The SMILES string of the molecule is CO[C@]1(C(F)(F)F)C[C@H]2C[C@@H]1C[C@@H]2N. The minimum absolute atomic E-state index is 0.0124. The molecule has 0 heterocycles. The van der Waals surface area contributed by atoms with Gasteiger partial charge in [-0.25, -0.2) is 0 Å². The van der Waals surface area contributed by atoms with E-state index in [1.54, 1.807) is 0 Å². The van der Waals surface area contributed by atoms with Gasteiger partial charge in [0.1, 0.15) is 0 Å². The van der Waals surface area contributed by atoms with Crippen molar-refractivity contribution in [1.82, 2.24) is 0 Å². The first-order valence-electron chi connectivity index (χ1n) is 4.78. The van der Waals surface area contributed by atoms with E-state index in [2.05, 4.69) is 0 Å². The Hall–Kier alpha value is -0.290. The second-order valence-corrected chi connectivity index (χ2v) is 4.39. The van der Waals surface area contributed by atoms with Crippen LogP contribution in [-0.2, 0) is 4.74 Å². The minimum atomic E-state index is -4.26. The van der Waals surface area contributed by atoms with Crippen LogP contribution >= 0.6 is 0 Å². The van der Waals surface area contributed by atoms with Crippen LogP contribution in [0.2, 0.25) is 0 Å². The summed E-state index contributed by atoms with van der Waals surface area (Å²) in [6.07, 6.45) is -3.22. The number of hydrogen-bond donors (Lipinski definition) is 1. The van der Waals surface area contributed by atoms with Gasteiger partial charge in [0.15, 0.2) is 5.60 Å². The molecule has 2 bridgehead atoms. The largest absolute Gasteiger partial charge is 0.417 e. The third-order valence-corrected chi connectivity index (χ3v) is 3.82. The van der Waals surface area contributed by atoms with E-state index >= 15 is 0 Å². The summed E-state index contributed by atoms with van der Waals surface area (Å²) in [5.41, 5.74) is 3.81. The molecule has 0 aliphatic heterocycles. The first-order valence-corrected chi connectivity index (χ1v) is 4.78. The average Bonchev–Trinajstić information content (AvgIpc) is 2.58. The molecule has 2 aliphatic carbocycles. The van der Waals surface area contributed by atoms with Crippen molar-refractivity contribution in [2.75, 3.05) is 7.11 Å². The highest BCUT2D eigenvalue weighted by Gasteiger charge is 2.67. The second kappa shape index (κ2) is 2.85. The first kappa shape index (κ1) is 10.2. The van der Waals surface area contributed by atoms with Crippen LogP contribution in [0, 0.1) is 11.8 Å². The zero-order valence-corrected chi connectivity index (χ0v) is 7.97. The van der Waals surface area contributed by atoms with Crippen LogP contribution in [0.4, 0.5) is 13.2 Å². The summed E-state index contributed by atoms with van der Waals surface area (Å²) in [5, 5.41) is 0. The van der Waals surface area contributed by atoms with Crippen LogP contribution in [0.15, 0.2) is 0 Å². The smallest absolute Gasteiger partial charge is 0.368 e. The molecule has 0 amide bonds. The van der Waals surface area contributed by atoms with Gasteiger partial charge in [0, 0.05) is 13.2 Å². The Bertz CT molecular complexity index is 241. The number of alkyl halides is 3. The van der Waals surface area contributed by atoms with Gasteiger partial charge in [-0.1, -0.05) is 0 Å². The molecule has 2 nitrogen and oxygen atoms in total. The summed E-state index contributed by atoms with van der Waals surface area (Å²) < 4.78 is 43.3. The van der Waals surface area contributed by atoms with Gasteiger partial charge < -0.3 is 10.5 Å². The molecular weight excluding hydrogens is 195 g/mol. The number of nitrogens with two attached hydrogens (primary N) is 1. The summed E-state index contributed by atoms with van der Waals surface area (Å²) in [6, 6.07) is -0.0642. The van der Waals surface area contributed by atoms with Crippen LogP contribution < -0.4 is 5.73 Å². The van der Waals surface area contributed by atoms with Gasteiger partial charge in [0.05, 0.1) is 0 Å². The van der Waals surface area contributed by atoms with Crippen LogP contribution in [-0.4, -0.2) is 24.9 Å². The molecule has 4 atom stereocenters. The summed E-state index contributed by atoms with van der Waals surface area (Å²) in [7, 11) is 1.15. The third-order valence-electron chi connectivity index (χ3n) is 3.82. The molecule has 2 saturated carbocycles. The van der Waals surface area contributed by atoms with Crippen molar-refractivity contribution in [1.29, 1.82) is 0 Å². The Kier molecular flexibility index (Phi) is 2.09. The minimum Gasteiger partial charge on any atom is -0.368 e. The lowest BCUT2D eigenvalue weighted by Crippen LogP contribution is -2.53. The summed E-state index contributed by atoms with van der Waals surface area (Å²) in [4.78, 5) is 0. The summed E-state index contributed by atoms with van der Waals surface area (Å²) in [6.45, 7) is 0. The molecule has 5 heteroatoms. The maximum Gasteiger partial charge on any atom is 0.417 e. The van der Waals surface area contributed by atoms with Crippen LogP contribution in [0.25, 0.3) is 0 Å². The monoisotopic (exact) mass is 209 g/mol. The van der Waals surface area contributed by atoms with Gasteiger partial charge >= 0.3 is 6.18 Å². The Morgan fingerprint density at radius 3 is 2.29 bits per heavy atom. The topological polar surface area (TPSA) is 35.2 Å². The maximum absolute atomic E-state index is 12.8. The summed E-state index contributed by atoms with van der Waals surface area (Å²) >= 11 is 0. The molecule has 0 unspecified atom stereocenters. The molecule has 0 aromatic carbocycles. The number of hydrogen-bond acceptors (Lipinski definition) is 2. The van der Waals surface area contributed by atoms with Crippen molar-refractivity contribution >= 4 is 0 Å². The van der Waals surface area contributed by atoms with Gasteiger partial charge in [-0.3, -0.25) is 0 Å². The van der Waals surface area contributed by atoms with E-state index in [4.69, 9.17) is 10.5 Å². The fourth-order valence-corrected chi connectivity index (χ4v) is 3.04. The van der Waals surface area contributed by atoms with Gasteiger partial charge in [0.2, 0.25) is 0 Å². The molecule has 0 spiro atoms. The van der Waals surface area contributed by atoms with E-state index in [1.165, 1.54) is 0 Å². The summed E-state index contributed by atoms with van der Waals surface area (Å²) in [5.74, 6) is -0.450. The predicted molar refractivity (Wildman–Crippen MR) is 44.6 cm³/mol. The van der Waals surface area contributed by atoms with E-state index in [9.17, 15) is 13.2 Å². The highest BCUT2D eigenvalue weighted by molar-refractivity contribution is 5.10. The molecule has 0 saturated heterocycles. The van der Waals surface area contributed by atoms with Crippen molar-refractivity contribution in [3.8, 4) is 0 Å². The number of fused-ring (bicyclic) bond motifs is 2. The van der Waals surface area contributed by atoms with Gasteiger partial charge in [-0.2, -0.15) is 13.2 Å². The highest BCUT2D eigenvalue weighted by atomic mass is 19.4. The van der Waals surface area contributed by atoms with E-state index in [-0.39, 0.29) is 18.4 Å². The molecule has 2 fully saturated rings. The third kappa shape index (κ3) is 1.11. The van der Waals surface area contributed by atoms with Crippen molar-refractivity contribution < 1.29 is 17.9 Å². The number of rotatable bonds is 1. The molecule has 0 aromatic rings. The normalized spacial score (nSPS) is 47.4. The lowest BCUT2D eigenvalue weighted by molar-refractivity contribution is -0.287. The molecule has 82 valence electrons. The lowest BCUT2D eigenvalue weighted by atomic mass is 9.81. The molecule has 2 aliphatic rings. The van der Waals surface area contributed by atoms with E-state index in [1.807, 2.05) is 0 Å². The molecule has 14 heavy (non-hydrogen) atoms. The van der Waals surface area contributed by atoms with Crippen LogP contribution in [0.3, 0.4) is 0 Å². The molecule has 2 N–H and O–H groups in total. The van der Waals surface area contributed by atoms with Gasteiger partial charge in [-0.15, -0.1) is 0 Å². The Labute approximate surface area is 80.6 Å². The number of halogens is 3. The predicted octanol–water partition coefficient (Wildman–Crippen LogP) is 1.69. The fraction of sp³-hybridized carbons (Fsp3) is 1.00. The Balaban J connectivity index is 2.26. The molecule has 0 radical (unpaired) electrons.